The maximum atomic E-state index is 10.1. The molecule has 0 aliphatic carbocycles. The van der Waals surface area contributed by atoms with Crippen molar-refractivity contribution in [2.75, 3.05) is 6.61 Å². The van der Waals surface area contributed by atoms with Gasteiger partial charge in [0.15, 0.2) is 6.29 Å². The standard InChI is InChI=1S/C15H22O5/c1-2-6-11(16)13(18)14-12(17)9-19-15(20-14)10-7-4-3-5-8-10/h3-5,7-8,11-18H,2,6,9H2,1H3/t11-,12+,13+,14+,15?/m0/s1. The summed E-state index contributed by atoms with van der Waals surface area (Å²) in [6.45, 7) is 1.99. The van der Waals surface area contributed by atoms with Crippen LogP contribution in [0, 0.1) is 0 Å². The van der Waals surface area contributed by atoms with E-state index in [1.165, 1.54) is 0 Å². The van der Waals surface area contributed by atoms with Gasteiger partial charge in [-0.05, 0) is 6.42 Å². The first-order chi connectivity index (χ1) is 9.63. The van der Waals surface area contributed by atoms with Crippen LogP contribution in [0.2, 0.25) is 0 Å². The molecule has 0 amide bonds. The van der Waals surface area contributed by atoms with Crippen LogP contribution in [-0.4, -0.2) is 46.3 Å². The summed E-state index contributed by atoms with van der Waals surface area (Å²) >= 11 is 0. The Morgan fingerprint density at radius 3 is 2.60 bits per heavy atom. The molecule has 20 heavy (non-hydrogen) atoms. The zero-order valence-electron chi connectivity index (χ0n) is 11.6. The first-order valence-corrected chi connectivity index (χ1v) is 6.99. The van der Waals surface area contributed by atoms with Crippen LogP contribution in [0.5, 0.6) is 0 Å². The molecule has 5 nitrogen and oxygen atoms in total. The fourth-order valence-corrected chi connectivity index (χ4v) is 2.33. The predicted molar refractivity (Wildman–Crippen MR) is 72.9 cm³/mol. The number of ether oxygens (including phenoxy) is 2. The van der Waals surface area contributed by atoms with Gasteiger partial charge >= 0.3 is 0 Å². The molecule has 3 N–H and O–H groups in total. The minimum absolute atomic E-state index is 0.0696. The smallest absolute Gasteiger partial charge is 0.184 e. The van der Waals surface area contributed by atoms with Gasteiger partial charge in [-0.1, -0.05) is 43.7 Å². The first kappa shape index (κ1) is 15.4. The fraction of sp³-hybridized carbons (Fsp3) is 0.600. The Kier molecular flexibility index (Phi) is 5.51. The van der Waals surface area contributed by atoms with Crippen molar-refractivity contribution in [3.05, 3.63) is 35.9 Å². The van der Waals surface area contributed by atoms with E-state index in [0.717, 1.165) is 12.0 Å². The summed E-state index contributed by atoms with van der Waals surface area (Å²) in [7, 11) is 0. The lowest BCUT2D eigenvalue weighted by atomic mass is 9.99. The van der Waals surface area contributed by atoms with Crippen molar-refractivity contribution < 1.29 is 24.8 Å². The largest absolute Gasteiger partial charge is 0.390 e. The third kappa shape index (κ3) is 3.56. The van der Waals surface area contributed by atoms with Crippen LogP contribution in [0.1, 0.15) is 31.6 Å². The van der Waals surface area contributed by atoms with Crippen LogP contribution in [0.25, 0.3) is 0 Å². The molecule has 112 valence electrons. The van der Waals surface area contributed by atoms with Gasteiger partial charge in [0.1, 0.15) is 18.3 Å². The number of hydrogen-bond acceptors (Lipinski definition) is 5. The Bertz CT molecular complexity index is 397. The summed E-state index contributed by atoms with van der Waals surface area (Å²) < 4.78 is 11.1. The highest BCUT2D eigenvalue weighted by Gasteiger charge is 2.38. The normalized spacial score (nSPS) is 29.9. The lowest BCUT2D eigenvalue weighted by Gasteiger charge is -2.37. The predicted octanol–water partition coefficient (Wildman–Crippen LogP) is 0.983. The third-order valence-electron chi connectivity index (χ3n) is 3.47. The Balaban J connectivity index is 2.05. The number of rotatable bonds is 5. The average molecular weight is 282 g/mol. The Labute approximate surface area is 118 Å². The van der Waals surface area contributed by atoms with Gasteiger partial charge < -0.3 is 24.8 Å². The summed E-state index contributed by atoms with van der Waals surface area (Å²) in [5.41, 5.74) is 0.821. The molecule has 5 heteroatoms. The van der Waals surface area contributed by atoms with Crippen LogP contribution in [0.4, 0.5) is 0 Å². The van der Waals surface area contributed by atoms with Crippen LogP contribution >= 0.6 is 0 Å². The number of benzene rings is 1. The molecule has 5 atom stereocenters. The van der Waals surface area contributed by atoms with Gasteiger partial charge in [0.2, 0.25) is 0 Å². The van der Waals surface area contributed by atoms with Crippen LogP contribution in [0.15, 0.2) is 30.3 Å². The molecule has 0 bridgehead atoms. The molecule has 1 aromatic carbocycles. The van der Waals surface area contributed by atoms with E-state index >= 15 is 0 Å². The molecule has 2 rings (SSSR count). The molecule has 0 radical (unpaired) electrons. The molecular formula is C15H22O5. The second-order valence-corrected chi connectivity index (χ2v) is 5.09. The van der Waals surface area contributed by atoms with E-state index in [1.807, 2.05) is 37.3 Å². The van der Waals surface area contributed by atoms with Gasteiger partial charge in [0.05, 0.1) is 12.7 Å². The fourth-order valence-electron chi connectivity index (χ4n) is 2.33. The summed E-state index contributed by atoms with van der Waals surface area (Å²) in [4.78, 5) is 0. The van der Waals surface area contributed by atoms with Gasteiger partial charge in [-0.2, -0.15) is 0 Å². The highest BCUT2D eigenvalue weighted by molar-refractivity contribution is 5.16. The van der Waals surface area contributed by atoms with Crippen molar-refractivity contribution in [3.8, 4) is 0 Å². The average Bonchev–Trinajstić information content (AvgIpc) is 2.48. The molecule has 0 saturated carbocycles. The van der Waals surface area contributed by atoms with Crippen molar-refractivity contribution in [3.63, 3.8) is 0 Å². The number of aliphatic hydroxyl groups is 3. The summed E-state index contributed by atoms with van der Waals surface area (Å²) in [6.07, 6.45) is -3.25. The van der Waals surface area contributed by atoms with E-state index in [-0.39, 0.29) is 6.61 Å². The van der Waals surface area contributed by atoms with E-state index in [9.17, 15) is 15.3 Å². The first-order valence-electron chi connectivity index (χ1n) is 6.99. The highest BCUT2D eigenvalue weighted by Crippen LogP contribution is 2.29. The van der Waals surface area contributed by atoms with Crippen LogP contribution < -0.4 is 0 Å². The molecule has 1 unspecified atom stereocenters. The van der Waals surface area contributed by atoms with E-state index < -0.39 is 30.7 Å². The lowest BCUT2D eigenvalue weighted by Crippen LogP contribution is -2.51. The topological polar surface area (TPSA) is 79.2 Å². The monoisotopic (exact) mass is 282 g/mol. The highest BCUT2D eigenvalue weighted by atomic mass is 16.7. The summed E-state index contributed by atoms with van der Waals surface area (Å²) in [5, 5.41) is 29.9. The van der Waals surface area contributed by atoms with Crippen molar-refractivity contribution in [1.82, 2.24) is 0 Å². The van der Waals surface area contributed by atoms with Crippen molar-refractivity contribution in [2.45, 2.75) is 50.5 Å². The maximum absolute atomic E-state index is 10.1. The molecule has 1 saturated heterocycles. The Morgan fingerprint density at radius 1 is 1.25 bits per heavy atom. The molecule has 1 heterocycles. The number of hydrogen-bond donors (Lipinski definition) is 3. The van der Waals surface area contributed by atoms with Gasteiger partial charge in [-0.15, -0.1) is 0 Å². The van der Waals surface area contributed by atoms with Gasteiger partial charge in [-0.3, -0.25) is 0 Å². The van der Waals surface area contributed by atoms with Gasteiger partial charge in [-0.25, -0.2) is 0 Å². The quantitative estimate of drug-likeness (QED) is 0.750. The van der Waals surface area contributed by atoms with Gasteiger partial charge in [0.25, 0.3) is 0 Å². The second kappa shape index (κ2) is 7.15. The lowest BCUT2D eigenvalue weighted by molar-refractivity contribution is -0.283. The SMILES string of the molecule is CCC[C@H](O)[C@@H](O)[C@@H]1OC(c2ccccc2)OC[C@H]1O. The molecule has 0 aromatic heterocycles. The Morgan fingerprint density at radius 2 is 1.95 bits per heavy atom. The van der Waals surface area contributed by atoms with E-state index in [2.05, 4.69) is 0 Å². The zero-order chi connectivity index (χ0) is 14.5. The van der Waals surface area contributed by atoms with Crippen molar-refractivity contribution >= 4 is 0 Å². The molecule has 1 aliphatic heterocycles. The minimum Gasteiger partial charge on any atom is -0.390 e. The molecule has 1 fully saturated rings. The minimum atomic E-state index is -1.12. The van der Waals surface area contributed by atoms with Crippen LogP contribution in [-0.2, 0) is 9.47 Å². The second-order valence-electron chi connectivity index (χ2n) is 5.09. The van der Waals surface area contributed by atoms with Gasteiger partial charge in [0, 0.05) is 5.56 Å². The van der Waals surface area contributed by atoms with E-state index in [1.54, 1.807) is 0 Å². The third-order valence-corrected chi connectivity index (χ3v) is 3.47. The van der Waals surface area contributed by atoms with E-state index in [0.29, 0.717) is 6.42 Å². The maximum Gasteiger partial charge on any atom is 0.184 e. The molecule has 1 aromatic rings. The van der Waals surface area contributed by atoms with Crippen molar-refractivity contribution in [2.24, 2.45) is 0 Å². The van der Waals surface area contributed by atoms with Crippen molar-refractivity contribution in [1.29, 1.82) is 0 Å². The van der Waals surface area contributed by atoms with E-state index in [4.69, 9.17) is 9.47 Å². The molecule has 0 spiro atoms. The summed E-state index contributed by atoms with van der Waals surface area (Å²) in [6, 6.07) is 9.33. The van der Waals surface area contributed by atoms with Crippen LogP contribution in [0.3, 0.4) is 0 Å². The summed E-state index contributed by atoms with van der Waals surface area (Å²) in [5.74, 6) is 0. The Hall–Kier alpha value is -0.980. The molecular weight excluding hydrogens is 260 g/mol. The number of aliphatic hydroxyl groups excluding tert-OH is 3. The molecule has 1 aliphatic rings. The zero-order valence-corrected chi connectivity index (χ0v) is 11.6.